The Bertz CT molecular complexity index is 723. The number of benzene rings is 1. The molecular formula is C14H11AsCl2N3O. The minimum atomic E-state index is -0.512. The number of aromatic nitrogens is 2. The molecule has 0 aliphatic carbocycles. The molecule has 2 heterocycles. The standard InChI is InChI=1S/C14H11AsCl2N3O/c1-2-20-7-8-4-3-5-9(11(8)13(20)21)15-12-10(16)6-18-14(17)19-12/h3-6H,2,7H2,1H3. The van der Waals surface area contributed by atoms with Gasteiger partial charge in [0.05, 0.1) is 0 Å². The predicted octanol–water partition coefficient (Wildman–Crippen LogP) is 1.41. The molecular weight excluding hydrogens is 372 g/mol. The van der Waals surface area contributed by atoms with Crippen LogP contribution in [-0.4, -0.2) is 43.1 Å². The van der Waals surface area contributed by atoms with Gasteiger partial charge in [-0.1, -0.05) is 0 Å². The zero-order chi connectivity index (χ0) is 15.0. The van der Waals surface area contributed by atoms with Crippen molar-refractivity contribution in [2.45, 2.75) is 13.5 Å². The Morgan fingerprint density at radius 3 is 2.95 bits per heavy atom. The molecule has 0 fully saturated rings. The van der Waals surface area contributed by atoms with Gasteiger partial charge in [-0.15, -0.1) is 0 Å². The van der Waals surface area contributed by atoms with E-state index in [0.29, 0.717) is 18.1 Å². The van der Waals surface area contributed by atoms with Crippen molar-refractivity contribution in [3.63, 3.8) is 0 Å². The van der Waals surface area contributed by atoms with Crippen molar-refractivity contribution in [2.75, 3.05) is 6.54 Å². The summed E-state index contributed by atoms with van der Waals surface area (Å²) in [4.78, 5) is 22.3. The zero-order valence-corrected chi connectivity index (χ0v) is 14.6. The van der Waals surface area contributed by atoms with Crippen molar-refractivity contribution in [2.24, 2.45) is 0 Å². The molecule has 0 saturated heterocycles. The fourth-order valence-electron chi connectivity index (χ4n) is 2.28. The van der Waals surface area contributed by atoms with Gasteiger partial charge in [-0.25, -0.2) is 0 Å². The number of hydrogen-bond donors (Lipinski definition) is 0. The molecule has 2 aromatic rings. The molecule has 0 unspecified atom stereocenters. The first-order valence-corrected chi connectivity index (χ1v) is 9.04. The van der Waals surface area contributed by atoms with E-state index in [4.69, 9.17) is 23.2 Å². The number of carbonyl (C=O) groups excluding carboxylic acids is 1. The van der Waals surface area contributed by atoms with Crippen LogP contribution in [0.2, 0.25) is 10.3 Å². The van der Waals surface area contributed by atoms with Crippen LogP contribution in [0, 0.1) is 0 Å². The zero-order valence-electron chi connectivity index (χ0n) is 11.2. The van der Waals surface area contributed by atoms with Crippen molar-refractivity contribution < 1.29 is 4.79 Å². The van der Waals surface area contributed by atoms with Crippen LogP contribution in [0.4, 0.5) is 0 Å². The monoisotopic (exact) mass is 382 g/mol. The first-order chi connectivity index (χ1) is 10.1. The number of hydrogen-bond acceptors (Lipinski definition) is 3. The number of nitrogens with zero attached hydrogens (tertiary/aromatic N) is 3. The van der Waals surface area contributed by atoms with Gasteiger partial charge in [-0.05, 0) is 0 Å². The maximum absolute atomic E-state index is 12.4. The molecule has 0 bridgehead atoms. The molecule has 1 aliphatic rings. The summed E-state index contributed by atoms with van der Waals surface area (Å²) in [6, 6.07) is 5.96. The molecule has 1 amide bonds. The minimum absolute atomic E-state index is 0.0923. The second-order valence-electron chi connectivity index (χ2n) is 4.55. The van der Waals surface area contributed by atoms with Crippen LogP contribution < -0.4 is 8.83 Å². The summed E-state index contributed by atoms with van der Waals surface area (Å²) < 4.78 is 1.74. The summed E-state index contributed by atoms with van der Waals surface area (Å²) in [5, 5.41) is 0.675. The number of amides is 1. The molecule has 107 valence electrons. The molecule has 0 spiro atoms. The summed E-state index contributed by atoms with van der Waals surface area (Å²) in [6.07, 6.45) is 1.51. The number of halogens is 2. The van der Waals surface area contributed by atoms with Gasteiger partial charge in [0.1, 0.15) is 0 Å². The molecule has 1 aromatic carbocycles. The second kappa shape index (κ2) is 5.96. The van der Waals surface area contributed by atoms with E-state index in [2.05, 4.69) is 9.97 Å². The topological polar surface area (TPSA) is 46.1 Å². The van der Waals surface area contributed by atoms with E-state index >= 15 is 0 Å². The van der Waals surface area contributed by atoms with E-state index in [-0.39, 0.29) is 11.2 Å². The molecule has 0 saturated carbocycles. The fraction of sp³-hybridized carbons (Fsp3) is 0.214. The van der Waals surface area contributed by atoms with E-state index in [0.717, 1.165) is 20.0 Å². The normalized spacial score (nSPS) is 14.2. The molecule has 7 heteroatoms. The summed E-state index contributed by atoms with van der Waals surface area (Å²) in [7, 11) is 0. The molecule has 4 nitrogen and oxygen atoms in total. The third-order valence-corrected chi connectivity index (χ3v) is 6.49. The Morgan fingerprint density at radius 1 is 1.38 bits per heavy atom. The van der Waals surface area contributed by atoms with Gasteiger partial charge in [0, 0.05) is 0 Å². The van der Waals surface area contributed by atoms with Crippen LogP contribution in [0.25, 0.3) is 0 Å². The van der Waals surface area contributed by atoms with Crippen LogP contribution in [-0.2, 0) is 6.54 Å². The molecule has 1 aliphatic heterocycles. The van der Waals surface area contributed by atoms with E-state index < -0.39 is 15.8 Å². The number of carbonyl (C=O) groups is 1. The van der Waals surface area contributed by atoms with Crippen molar-refractivity contribution >= 4 is 53.7 Å². The van der Waals surface area contributed by atoms with Crippen molar-refractivity contribution in [3.05, 3.63) is 45.8 Å². The molecule has 1 aromatic heterocycles. The van der Waals surface area contributed by atoms with Gasteiger partial charge in [-0.3, -0.25) is 0 Å². The summed E-state index contributed by atoms with van der Waals surface area (Å²) >= 11 is 11.5. The summed E-state index contributed by atoms with van der Waals surface area (Å²) in [5.74, 6) is 0.0923. The number of rotatable bonds is 3. The third kappa shape index (κ3) is 2.80. The van der Waals surface area contributed by atoms with Gasteiger partial charge >= 0.3 is 139 Å². The van der Waals surface area contributed by atoms with Crippen LogP contribution in [0.3, 0.4) is 0 Å². The van der Waals surface area contributed by atoms with Crippen LogP contribution in [0.15, 0.2) is 24.4 Å². The average Bonchev–Trinajstić information content (AvgIpc) is 2.80. The van der Waals surface area contributed by atoms with Gasteiger partial charge < -0.3 is 0 Å². The summed E-state index contributed by atoms with van der Waals surface area (Å²) in [6.45, 7) is 3.37. The van der Waals surface area contributed by atoms with Gasteiger partial charge in [-0.2, -0.15) is 0 Å². The Labute approximate surface area is 139 Å². The van der Waals surface area contributed by atoms with Gasteiger partial charge in [0.2, 0.25) is 0 Å². The maximum atomic E-state index is 12.4. The predicted molar refractivity (Wildman–Crippen MR) is 83.9 cm³/mol. The van der Waals surface area contributed by atoms with Gasteiger partial charge in [0.25, 0.3) is 0 Å². The van der Waals surface area contributed by atoms with Crippen LogP contribution in [0.5, 0.6) is 0 Å². The van der Waals surface area contributed by atoms with E-state index in [9.17, 15) is 4.79 Å². The van der Waals surface area contributed by atoms with Crippen molar-refractivity contribution in [3.8, 4) is 0 Å². The molecule has 1 radical (unpaired) electrons. The Morgan fingerprint density at radius 2 is 2.19 bits per heavy atom. The Hall–Kier alpha value is -1.09. The third-order valence-electron chi connectivity index (χ3n) is 3.30. The number of fused-ring (bicyclic) bond motifs is 1. The van der Waals surface area contributed by atoms with E-state index in [1.165, 1.54) is 6.20 Å². The second-order valence-corrected chi connectivity index (χ2v) is 7.67. The molecule has 0 atom stereocenters. The molecule has 21 heavy (non-hydrogen) atoms. The first-order valence-electron chi connectivity index (χ1n) is 6.41. The van der Waals surface area contributed by atoms with Gasteiger partial charge in [0.15, 0.2) is 0 Å². The average molecular weight is 383 g/mol. The van der Waals surface area contributed by atoms with E-state index in [1.54, 1.807) is 0 Å². The van der Waals surface area contributed by atoms with Crippen LogP contribution in [0.1, 0.15) is 22.8 Å². The fourth-order valence-corrected chi connectivity index (χ4v) is 5.05. The van der Waals surface area contributed by atoms with Crippen molar-refractivity contribution in [1.29, 1.82) is 0 Å². The SMILES string of the molecule is CCN1Cc2cccc([As]c3nc(Cl)ncc3Cl)c2C1=O. The van der Waals surface area contributed by atoms with Crippen LogP contribution >= 0.6 is 23.2 Å². The molecule has 0 N–H and O–H groups in total. The Kier molecular flexibility index (Phi) is 4.21. The molecule has 3 rings (SSSR count). The van der Waals surface area contributed by atoms with Crippen molar-refractivity contribution in [1.82, 2.24) is 14.9 Å². The summed E-state index contributed by atoms with van der Waals surface area (Å²) in [5.41, 5.74) is 1.89. The van der Waals surface area contributed by atoms with E-state index in [1.807, 2.05) is 30.0 Å². The Balaban J connectivity index is 2.00. The first kappa shape index (κ1) is 14.8. The quantitative estimate of drug-likeness (QED) is 0.595.